The predicted octanol–water partition coefficient (Wildman–Crippen LogP) is 3.21. The lowest BCUT2D eigenvalue weighted by atomic mass is 10.1. The number of ether oxygens (including phenoxy) is 1. The number of pyridine rings is 1. The van der Waals surface area contributed by atoms with E-state index in [0.717, 1.165) is 55.5 Å². The Morgan fingerprint density at radius 2 is 2.29 bits per heavy atom. The van der Waals surface area contributed by atoms with E-state index in [-0.39, 0.29) is 0 Å². The zero-order valence-corrected chi connectivity index (χ0v) is 12.6. The Labute approximate surface area is 125 Å². The molecule has 2 heterocycles. The quantitative estimate of drug-likeness (QED) is 0.876. The molecule has 1 aromatic heterocycles. The Morgan fingerprint density at radius 1 is 1.38 bits per heavy atom. The Hall–Kier alpha value is -1.81. The second-order valence-electron chi connectivity index (χ2n) is 5.65. The third-order valence-electron chi connectivity index (χ3n) is 4.06. The summed E-state index contributed by atoms with van der Waals surface area (Å²) in [5.41, 5.74) is 9.02. The number of nitrogens with two attached hydrogens (primary N) is 1. The molecule has 0 saturated carbocycles. The number of piperidine rings is 1. The fourth-order valence-corrected chi connectivity index (χ4v) is 3.01. The Bertz CT molecular complexity index is 614. The van der Waals surface area contributed by atoms with Crippen LogP contribution < -0.4 is 10.6 Å². The van der Waals surface area contributed by atoms with Crippen molar-refractivity contribution in [2.75, 3.05) is 30.3 Å². The first-order valence-electron chi connectivity index (χ1n) is 7.79. The van der Waals surface area contributed by atoms with Gasteiger partial charge in [-0.2, -0.15) is 0 Å². The number of hydrogen-bond donors (Lipinski definition) is 1. The first kappa shape index (κ1) is 14.1. The number of rotatable bonds is 4. The molecule has 1 saturated heterocycles. The van der Waals surface area contributed by atoms with Gasteiger partial charge in [0.2, 0.25) is 0 Å². The highest BCUT2D eigenvalue weighted by Crippen LogP contribution is 2.31. The maximum atomic E-state index is 6.06. The predicted molar refractivity (Wildman–Crippen MR) is 87.6 cm³/mol. The molecule has 21 heavy (non-hydrogen) atoms. The number of nitrogen functional groups attached to an aromatic ring is 1. The molecule has 1 aliphatic heterocycles. The number of hydrogen-bond acceptors (Lipinski definition) is 4. The topological polar surface area (TPSA) is 51.4 Å². The lowest BCUT2D eigenvalue weighted by Gasteiger charge is -2.34. The molecule has 0 amide bonds. The van der Waals surface area contributed by atoms with Crippen molar-refractivity contribution in [3.63, 3.8) is 0 Å². The number of aromatic nitrogens is 1. The van der Waals surface area contributed by atoms with Crippen molar-refractivity contribution in [1.82, 2.24) is 4.98 Å². The molecular formula is C17H23N3O. The van der Waals surface area contributed by atoms with E-state index < -0.39 is 0 Å². The van der Waals surface area contributed by atoms with Crippen molar-refractivity contribution < 1.29 is 4.74 Å². The first-order valence-corrected chi connectivity index (χ1v) is 7.79. The Kier molecular flexibility index (Phi) is 4.25. The van der Waals surface area contributed by atoms with E-state index in [1.54, 1.807) is 0 Å². The van der Waals surface area contributed by atoms with Crippen LogP contribution in [0.1, 0.15) is 26.2 Å². The van der Waals surface area contributed by atoms with E-state index in [2.05, 4.69) is 22.9 Å². The van der Waals surface area contributed by atoms with E-state index in [4.69, 9.17) is 10.5 Å². The summed E-state index contributed by atoms with van der Waals surface area (Å²) in [7, 11) is 0. The zero-order chi connectivity index (χ0) is 14.7. The average Bonchev–Trinajstić information content (AvgIpc) is 2.54. The van der Waals surface area contributed by atoms with Crippen molar-refractivity contribution in [1.29, 1.82) is 0 Å². The van der Waals surface area contributed by atoms with Gasteiger partial charge in [0.1, 0.15) is 0 Å². The van der Waals surface area contributed by atoms with Crippen LogP contribution in [0.5, 0.6) is 0 Å². The summed E-state index contributed by atoms with van der Waals surface area (Å²) in [5.74, 6) is 0. The lowest BCUT2D eigenvalue weighted by molar-refractivity contribution is 0.0441. The molecule has 1 fully saturated rings. The maximum Gasteiger partial charge on any atom is 0.0955 e. The molecule has 4 nitrogen and oxygen atoms in total. The SMILES string of the molecule is CCCOC1CCCN(c2ccc(N)c3cccnc23)C1. The molecule has 0 radical (unpaired) electrons. The van der Waals surface area contributed by atoms with E-state index in [0.29, 0.717) is 6.10 Å². The lowest BCUT2D eigenvalue weighted by Crippen LogP contribution is -2.40. The van der Waals surface area contributed by atoms with Crippen LogP contribution in [0, 0.1) is 0 Å². The molecule has 2 N–H and O–H groups in total. The molecule has 112 valence electrons. The highest BCUT2D eigenvalue weighted by atomic mass is 16.5. The van der Waals surface area contributed by atoms with Crippen LogP contribution in [0.3, 0.4) is 0 Å². The van der Waals surface area contributed by atoms with Crippen molar-refractivity contribution in [3.8, 4) is 0 Å². The largest absolute Gasteiger partial charge is 0.398 e. The van der Waals surface area contributed by atoms with Gasteiger partial charge >= 0.3 is 0 Å². The van der Waals surface area contributed by atoms with E-state index in [1.807, 2.05) is 24.4 Å². The summed E-state index contributed by atoms with van der Waals surface area (Å²) in [6.07, 6.45) is 5.54. The number of benzene rings is 1. The van der Waals surface area contributed by atoms with Gasteiger partial charge in [-0.25, -0.2) is 0 Å². The number of nitrogens with zero attached hydrogens (tertiary/aromatic N) is 2. The van der Waals surface area contributed by atoms with Gasteiger partial charge in [-0.3, -0.25) is 4.98 Å². The minimum absolute atomic E-state index is 0.329. The molecular weight excluding hydrogens is 262 g/mol. The van der Waals surface area contributed by atoms with Gasteiger partial charge in [0.25, 0.3) is 0 Å². The molecule has 1 atom stereocenters. The summed E-state index contributed by atoms with van der Waals surface area (Å²) in [5, 5.41) is 1.03. The van der Waals surface area contributed by atoms with Crippen LogP contribution in [0.25, 0.3) is 10.9 Å². The van der Waals surface area contributed by atoms with Gasteiger partial charge in [-0.05, 0) is 43.5 Å². The van der Waals surface area contributed by atoms with Gasteiger partial charge in [-0.1, -0.05) is 6.92 Å². The van der Waals surface area contributed by atoms with Crippen LogP contribution in [0.2, 0.25) is 0 Å². The second-order valence-corrected chi connectivity index (χ2v) is 5.65. The van der Waals surface area contributed by atoms with Gasteiger partial charge < -0.3 is 15.4 Å². The highest BCUT2D eigenvalue weighted by molar-refractivity contribution is 5.98. The first-order chi connectivity index (χ1) is 10.3. The molecule has 2 aromatic rings. The fourth-order valence-electron chi connectivity index (χ4n) is 3.01. The standard InChI is InChI=1S/C17H23N3O/c1-2-11-21-13-5-4-10-20(12-13)16-8-7-15(18)14-6-3-9-19-17(14)16/h3,6-9,13H,2,4-5,10-12,18H2,1H3. The van der Waals surface area contributed by atoms with Crippen molar-refractivity contribution >= 4 is 22.3 Å². The molecule has 0 bridgehead atoms. The van der Waals surface area contributed by atoms with Crippen LogP contribution in [-0.2, 0) is 4.74 Å². The van der Waals surface area contributed by atoms with Crippen LogP contribution in [0.15, 0.2) is 30.5 Å². The van der Waals surface area contributed by atoms with Crippen LogP contribution in [-0.4, -0.2) is 30.8 Å². The van der Waals surface area contributed by atoms with Gasteiger partial charge in [0.15, 0.2) is 0 Å². The molecule has 0 spiro atoms. The molecule has 4 heteroatoms. The monoisotopic (exact) mass is 285 g/mol. The van der Waals surface area contributed by atoms with E-state index >= 15 is 0 Å². The van der Waals surface area contributed by atoms with Gasteiger partial charge in [0, 0.05) is 37.0 Å². The van der Waals surface area contributed by atoms with Crippen molar-refractivity contribution in [2.45, 2.75) is 32.3 Å². The molecule has 1 unspecified atom stereocenters. The van der Waals surface area contributed by atoms with Crippen molar-refractivity contribution in [2.24, 2.45) is 0 Å². The van der Waals surface area contributed by atoms with Gasteiger partial charge in [0.05, 0.1) is 17.3 Å². The highest BCUT2D eigenvalue weighted by Gasteiger charge is 2.22. The fraction of sp³-hybridized carbons (Fsp3) is 0.471. The molecule has 1 aromatic carbocycles. The average molecular weight is 285 g/mol. The summed E-state index contributed by atoms with van der Waals surface area (Å²) in [6, 6.07) is 8.05. The Morgan fingerprint density at radius 3 is 3.14 bits per heavy atom. The number of anilines is 2. The number of fused-ring (bicyclic) bond motifs is 1. The molecule has 3 rings (SSSR count). The van der Waals surface area contributed by atoms with Crippen molar-refractivity contribution in [3.05, 3.63) is 30.5 Å². The summed E-state index contributed by atoms with van der Waals surface area (Å²) < 4.78 is 5.93. The van der Waals surface area contributed by atoms with Crippen LogP contribution in [0.4, 0.5) is 11.4 Å². The Balaban J connectivity index is 1.88. The van der Waals surface area contributed by atoms with Crippen LogP contribution >= 0.6 is 0 Å². The third kappa shape index (κ3) is 2.95. The van der Waals surface area contributed by atoms with E-state index in [1.165, 1.54) is 5.69 Å². The summed E-state index contributed by atoms with van der Waals surface area (Å²) >= 11 is 0. The molecule has 0 aliphatic carbocycles. The minimum atomic E-state index is 0.329. The maximum absolute atomic E-state index is 6.06. The van der Waals surface area contributed by atoms with Gasteiger partial charge in [-0.15, -0.1) is 0 Å². The smallest absolute Gasteiger partial charge is 0.0955 e. The van der Waals surface area contributed by atoms with E-state index in [9.17, 15) is 0 Å². The third-order valence-corrected chi connectivity index (χ3v) is 4.06. The zero-order valence-electron chi connectivity index (χ0n) is 12.6. The normalized spacial score (nSPS) is 19.1. The molecule has 1 aliphatic rings. The second kappa shape index (κ2) is 6.31. The minimum Gasteiger partial charge on any atom is -0.398 e. The summed E-state index contributed by atoms with van der Waals surface area (Å²) in [4.78, 5) is 6.93. The summed E-state index contributed by atoms with van der Waals surface area (Å²) in [6.45, 7) is 4.99.